The number of carbonyl (C=O) groups is 1. The lowest BCUT2D eigenvalue weighted by Crippen LogP contribution is -2.12. The molecule has 0 radical (unpaired) electrons. The van der Waals surface area contributed by atoms with Crippen molar-refractivity contribution in [3.05, 3.63) is 35.7 Å². The van der Waals surface area contributed by atoms with Crippen molar-refractivity contribution in [2.24, 2.45) is 0 Å². The highest BCUT2D eigenvalue weighted by molar-refractivity contribution is 8.00. The first-order chi connectivity index (χ1) is 11.4. The third-order valence-electron chi connectivity index (χ3n) is 3.22. The molecule has 1 aromatic heterocycles. The molecule has 10 heteroatoms. The van der Waals surface area contributed by atoms with Gasteiger partial charge in [0.15, 0.2) is 0 Å². The van der Waals surface area contributed by atoms with Crippen LogP contribution in [-0.4, -0.2) is 28.2 Å². The van der Waals surface area contributed by atoms with Gasteiger partial charge in [-0.1, -0.05) is 5.10 Å². The summed E-state index contributed by atoms with van der Waals surface area (Å²) in [7, 11) is 0. The van der Waals surface area contributed by atoms with Crippen LogP contribution in [0.1, 0.15) is 35.2 Å². The van der Waals surface area contributed by atoms with E-state index in [1.165, 1.54) is 24.3 Å². The zero-order chi connectivity index (χ0) is 17.2. The first-order valence-corrected chi connectivity index (χ1v) is 7.84. The molecule has 6 nitrogen and oxygen atoms in total. The summed E-state index contributed by atoms with van der Waals surface area (Å²) < 4.78 is 47.5. The van der Waals surface area contributed by atoms with Crippen LogP contribution in [0.2, 0.25) is 0 Å². The van der Waals surface area contributed by atoms with Crippen molar-refractivity contribution in [1.82, 2.24) is 10.2 Å². The van der Waals surface area contributed by atoms with Gasteiger partial charge < -0.3 is 9.15 Å². The van der Waals surface area contributed by atoms with Gasteiger partial charge in [0.1, 0.15) is 6.10 Å². The number of carbonyl (C=O) groups excluding carboxylic acids is 1. The molecular weight excluding hydrogens is 347 g/mol. The van der Waals surface area contributed by atoms with Crippen LogP contribution < -0.4 is 5.32 Å². The number of aromatic nitrogens is 2. The third-order valence-corrected chi connectivity index (χ3v) is 3.96. The molecule has 0 spiro atoms. The molecule has 1 amide bonds. The predicted octanol–water partition coefficient (Wildman–Crippen LogP) is 3.79. The van der Waals surface area contributed by atoms with E-state index in [2.05, 4.69) is 15.5 Å². The van der Waals surface area contributed by atoms with Gasteiger partial charge in [0.2, 0.25) is 5.89 Å². The van der Waals surface area contributed by atoms with E-state index in [1.54, 1.807) is 0 Å². The summed E-state index contributed by atoms with van der Waals surface area (Å²) in [6, 6.07) is 4.94. The Labute approximate surface area is 138 Å². The lowest BCUT2D eigenvalue weighted by atomic mass is 10.2. The Morgan fingerprint density at radius 1 is 1.25 bits per heavy atom. The molecule has 1 unspecified atom stereocenters. The van der Waals surface area contributed by atoms with Crippen LogP contribution in [0.3, 0.4) is 0 Å². The highest BCUT2D eigenvalue weighted by atomic mass is 32.2. The van der Waals surface area contributed by atoms with E-state index in [0.29, 0.717) is 12.5 Å². The van der Waals surface area contributed by atoms with Gasteiger partial charge in [0, 0.05) is 17.1 Å². The highest BCUT2D eigenvalue weighted by Gasteiger charge is 2.29. The summed E-state index contributed by atoms with van der Waals surface area (Å²) in [5, 5.41) is 9.93. The van der Waals surface area contributed by atoms with E-state index in [1.807, 2.05) is 0 Å². The fourth-order valence-corrected chi connectivity index (χ4v) is 2.70. The molecule has 1 aliphatic heterocycles. The number of alkyl halides is 3. The fourth-order valence-electron chi connectivity index (χ4n) is 2.16. The van der Waals surface area contributed by atoms with E-state index in [0.717, 1.165) is 12.8 Å². The van der Waals surface area contributed by atoms with Crippen LogP contribution in [0.15, 0.2) is 33.6 Å². The van der Waals surface area contributed by atoms with Gasteiger partial charge in [-0.2, -0.15) is 13.2 Å². The number of nitrogens with zero attached hydrogens (tertiary/aromatic N) is 2. The number of hydrogen-bond acceptors (Lipinski definition) is 6. The molecule has 128 valence electrons. The molecule has 3 rings (SSSR count). The number of anilines is 1. The van der Waals surface area contributed by atoms with Gasteiger partial charge in [-0.3, -0.25) is 10.1 Å². The van der Waals surface area contributed by atoms with Gasteiger partial charge >= 0.3 is 11.5 Å². The molecule has 0 aliphatic carbocycles. The highest BCUT2D eigenvalue weighted by Crippen LogP contribution is 2.36. The first-order valence-electron chi connectivity index (χ1n) is 7.03. The fraction of sp³-hybridized carbons (Fsp3) is 0.357. The molecule has 1 N–H and O–H groups in total. The summed E-state index contributed by atoms with van der Waals surface area (Å²) in [6.07, 6.45) is 1.41. The summed E-state index contributed by atoms with van der Waals surface area (Å²) in [4.78, 5) is 12.0. The van der Waals surface area contributed by atoms with Gasteiger partial charge in [0.05, 0.1) is 0 Å². The standard InChI is InChI=1S/C14H12F3N3O3S/c15-14(16,17)24-9-5-3-8(4-6-9)11(21)18-13-20-19-12(23-13)10-2-1-7-22-10/h3-6,10H,1-2,7H2,(H,18,20,21). The van der Waals surface area contributed by atoms with Crippen LogP contribution in [-0.2, 0) is 4.74 Å². The molecule has 1 atom stereocenters. The molecular formula is C14H12F3N3O3S. The lowest BCUT2D eigenvalue weighted by Gasteiger charge is -2.06. The van der Waals surface area contributed by atoms with Crippen molar-refractivity contribution in [2.75, 3.05) is 11.9 Å². The van der Waals surface area contributed by atoms with Crippen molar-refractivity contribution in [3.63, 3.8) is 0 Å². The van der Waals surface area contributed by atoms with Crippen molar-refractivity contribution < 1.29 is 27.1 Å². The van der Waals surface area contributed by atoms with Crippen LogP contribution in [0, 0.1) is 0 Å². The van der Waals surface area contributed by atoms with Crippen molar-refractivity contribution >= 4 is 23.7 Å². The van der Waals surface area contributed by atoms with E-state index in [4.69, 9.17) is 9.15 Å². The zero-order valence-corrected chi connectivity index (χ0v) is 13.0. The number of thioether (sulfide) groups is 1. The quantitative estimate of drug-likeness (QED) is 0.837. The number of benzene rings is 1. The Morgan fingerprint density at radius 3 is 2.62 bits per heavy atom. The Hall–Kier alpha value is -2.07. The van der Waals surface area contributed by atoms with E-state index in [9.17, 15) is 18.0 Å². The Kier molecular flexibility index (Phi) is 4.76. The smallest absolute Gasteiger partial charge is 0.405 e. The second-order valence-electron chi connectivity index (χ2n) is 4.97. The van der Waals surface area contributed by atoms with Crippen LogP contribution >= 0.6 is 11.8 Å². The molecule has 1 saturated heterocycles. The zero-order valence-electron chi connectivity index (χ0n) is 12.2. The second-order valence-corrected chi connectivity index (χ2v) is 6.11. The van der Waals surface area contributed by atoms with Gasteiger partial charge in [-0.15, -0.1) is 5.10 Å². The maximum absolute atomic E-state index is 12.3. The molecule has 1 aliphatic rings. The van der Waals surface area contributed by atoms with Crippen LogP contribution in [0.4, 0.5) is 19.2 Å². The van der Waals surface area contributed by atoms with E-state index >= 15 is 0 Å². The SMILES string of the molecule is O=C(Nc1nnc(C2CCCO2)o1)c1ccc(SC(F)(F)F)cc1. The minimum absolute atomic E-state index is 0.00231. The summed E-state index contributed by atoms with van der Waals surface area (Å²) in [6.45, 7) is 0.622. The number of nitrogens with one attached hydrogen (secondary N) is 1. The lowest BCUT2D eigenvalue weighted by molar-refractivity contribution is -0.0328. The predicted molar refractivity (Wildman–Crippen MR) is 78.5 cm³/mol. The number of halogens is 3. The maximum atomic E-state index is 12.3. The average molecular weight is 359 g/mol. The van der Waals surface area contributed by atoms with E-state index < -0.39 is 11.4 Å². The van der Waals surface area contributed by atoms with Crippen molar-refractivity contribution in [1.29, 1.82) is 0 Å². The normalized spacial score (nSPS) is 17.9. The first kappa shape index (κ1) is 16.8. The average Bonchev–Trinajstić information content (AvgIpc) is 3.16. The minimum atomic E-state index is -4.37. The molecule has 1 fully saturated rings. The Morgan fingerprint density at radius 2 is 2.00 bits per heavy atom. The van der Waals surface area contributed by atoms with E-state index in [-0.39, 0.29) is 34.3 Å². The second kappa shape index (κ2) is 6.81. The Balaban J connectivity index is 1.62. The molecule has 2 heterocycles. The third kappa shape index (κ3) is 4.26. The summed E-state index contributed by atoms with van der Waals surface area (Å²) >= 11 is -0.244. The largest absolute Gasteiger partial charge is 0.446 e. The molecule has 1 aromatic carbocycles. The molecule has 2 aromatic rings. The summed E-state index contributed by atoms with van der Waals surface area (Å²) in [5.41, 5.74) is -4.19. The van der Waals surface area contributed by atoms with Gasteiger partial charge in [0.25, 0.3) is 5.91 Å². The molecule has 0 bridgehead atoms. The number of rotatable bonds is 4. The minimum Gasteiger partial charge on any atom is -0.405 e. The number of amides is 1. The summed E-state index contributed by atoms with van der Waals surface area (Å²) in [5.74, 6) is -0.263. The monoisotopic (exact) mass is 359 g/mol. The van der Waals surface area contributed by atoms with Crippen LogP contribution in [0.25, 0.3) is 0 Å². The molecule has 0 saturated carbocycles. The molecule has 24 heavy (non-hydrogen) atoms. The van der Waals surface area contributed by atoms with Crippen LogP contribution in [0.5, 0.6) is 0 Å². The number of ether oxygens (including phenoxy) is 1. The van der Waals surface area contributed by atoms with Gasteiger partial charge in [-0.25, -0.2) is 0 Å². The maximum Gasteiger partial charge on any atom is 0.446 e. The van der Waals surface area contributed by atoms with Crippen molar-refractivity contribution in [3.8, 4) is 0 Å². The van der Waals surface area contributed by atoms with Crippen molar-refractivity contribution in [2.45, 2.75) is 29.3 Å². The number of hydrogen-bond donors (Lipinski definition) is 1. The van der Waals surface area contributed by atoms with Gasteiger partial charge in [-0.05, 0) is 48.9 Å². The topological polar surface area (TPSA) is 77.2 Å². The Bertz CT molecular complexity index is 712.